The first-order valence-electron chi connectivity index (χ1n) is 14.4. The molecule has 0 atom stereocenters. The second-order valence-electron chi connectivity index (χ2n) is 10.4. The lowest BCUT2D eigenvalue weighted by atomic mass is 10.1. The van der Waals surface area contributed by atoms with Crippen molar-refractivity contribution in [3.8, 4) is 17.1 Å². The van der Waals surface area contributed by atoms with E-state index in [1.807, 2.05) is 0 Å². The van der Waals surface area contributed by atoms with Crippen LogP contribution in [0.1, 0.15) is 16.7 Å². The Morgan fingerprint density at radius 3 is 1.12 bits per heavy atom. The number of benzene rings is 3. The van der Waals surface area contributed by atoms with Gasteiger partial charge in [0.2, 0.25) is 0 Å². The molecule has 3 N–H and O–H groups in total. The minimum atomic E-state index is -1.07. The summed E-state index contributed by atoms with van der Waals surface area (Å²) in [5, 5.41) is 7.60. The summed E-state index contributed by atoms with van der Waals surface area (Å²) in [5.74, 6) is 0. The van der Waals surface area contributed by atoms with Crippen molar-refractivity contribution in [2.45, 2.75) is 20.8 Å². The fourth-order valence-corrected chi connectivity index (χ4v) is 4.54. The first-order chi connectivity index (χ1) is 23.4. The maximum absolute atomic E-state index is 14.2. The molecule has 0 fully saturated rings. The Balaban J connectivity index is 2.01. The van der Waals surface area contributed by atoms with Crippen molar-refractivity contribution in [2.75, 3.05) is 50.9 Å². The Morgan fingerprint density at radius 1 is 0.531 bits per heavy atom. The van der Waals surface area contributed by atoms with E-state index >= 15 is 0 Å². The summed E-state index contributed by atoms with van der Waals surface area (Å²) in [6.07, 6.45) is -2.50. The summed E-state index contributed by atoms with van der Waals surface area (Å²) in [4.78, 5) is 79.2. The minimum absolute atomic E-state index is 0.00305. The van der Waals surface area contributed by atoms with Crippen molar-refractivity contribution in [1.82, 2.24) is 13.7 Å². The van der Waals surface area contributed by atoms with Crippen molar-refractivity contribution < 1.29 is 38.1 Å². The number of methoxy groups -OCH3 is 3. The fraction of sp³-hybridized carbons (Fsp3) is 0.250. The molecule has 3 aromatic carbocycles. The normalized spacial score (nSPS) is 10.7. The van der Waals surface area contributed by atoms with E-state index in [4.69, 9.17) is 23.7 Å². The molecule has 0 saturated carbocycles. The van der Waals surface area contributed by atoms with E-state index in [-0.39, 0.29) is 47.7 Å². The molecule has 0 aliphatic heterocycles. The zero-order valence-corrected chi connectivity index (χ0v) is 27.4. The minimum Gasteiger partial charge on any atom is -0.453 e. The van der Waals surface area contributed by atoms with E-state index in [0.29, 0.717) is 16.7 Å². The molecule has 49 heavy (non-hydrogen) atoms. The van der Waals surface area contributed by atoms with Gasteiger partial charge in [0.15, 0.2) is 13.6 Å². The van der Waals surface area contributed by atoms with E-state index in [2.05, 4.69) is 16.0 Å². The number of aromatic nitrogens is 3. The molecule has 0 unspecified atom stereocenters. The topological polar surface area (TPSA) is 199 Å². The van der Waals surface area contributed by atoms with Crippen molar-refractivity contribution in [3.05, 3.63) is 103 Å². The van der Waals surface area contributed by atoms with Gasteiger partial charge < -0.3 is 23.7 Å². The molecule has 0 saturated heterocycles. The SMILES string of the molecule is COCOC(=O)Nc1cc(-n2c(=O)n(-c3ccc(C)c(NC(=O)OC)c3)c(=O)n(-c3ccc(C)c(NC(=O)OCOC)c3)c2=O)ccc1C. The number of hydrogen-bond donors (Lipinski definition) is 3. The lowest BCUT2D eigenvalue weighted by molar-refractivity contribution is 0.0178. The van der Waals surface area contributed by atoms with Crippen LogP contribution >= 0.6 is 0 Å². The van der Waals surface area contributed by atoms with Crippen LogP contribution in [0.4, 0.5) is 31.4 Å². The third-order valence-electron chi connectivity index (χ3n) is 7.10. The number of ether oxygens (including phenoxy) is 5. The standard InChI is InChI=1S/C32H34N6O11/c1-18-7-10-21(13-24(18)33-27(39)47-6)36-30(42)37(22-11-8-19(2)25(14-22)34-28(40)48-16-45-4)32(44)38(31(36)43)23-12-9-20(3)26(15-23)35-29(41)49-17-46-5/h7-15H,16-17H2,1-6H3,(H,33,39)(H,34,40)(H,35,41). The summed E-state index contributed by atoms with van der Waals surface area (Å²) in [6, 6.07) is 13.1. The number of amides is 3. The molecule has 1 aromatic heterocycles. The maximum Gasteiger partial charge on any atom is 0.413 e. The molecule has 258 valence electrons. The van der Waals surface area contributed by atoms with Gasteiger partial charge in [-0.25, -0.2) is 42.5 Å². The first kappa shape index (κ1) is 35.7. The number of nitrogens with zero attached hydrogens (tertiary/aromatic N) is 3. The molecule has 1 heterocycles. The van der Waals surface area contributed by atoms with E-state index < -0.39 is 35.3 Å². The molecular weight excluding hydrogens is 644 g/mol. The van der Waals surface area contributed by atoms with Crippen LogP contribution in [0.2, 0.25) is 0 Å². The average molecular weight is 679 g/mol. The lowest BCUT2D eigenvalue weighted by Gasteiger charge is -2.17. The van der Waals surface area contributed by atoms with Crippen LogP contribution in [0.3, 0.4) is 0 Å². The highest BCUT2D eigenvalue weighted by molar-refractivity contribution is 5.87. The molecule has 4 rings (SSSR count). The first-order valence-corrected chi connectivity index (χ1v) is 14.4. The molecule has 3 amide bonds. The Labute approximate surface area is 278 Å². The maximum atomic E-state index is 14.2. The average Bonchev–Trinajstić information content (AvgIpc) is 3.06. The zero-order valence-electron chi connectivity index (χ0n) is 27.4. The van der Waals surface area contributed by atoms with Gasteiger partial charge in [-0.3, -0.25) is 16.0 Å². The smallest absolute Gasteiger partial charge is 0.413 e. The molecule has 4 aromatic rings. The molecular formula is C32H34N6O11. The Morgan fingerprint density at radius 2 is 0.837 bits per heavy atom. The van der Waals surface area contributed by atoms with Gasteiger partial charge in [0.1, 0.15) is 0 Å². The number of anilines is 3. The lowest BCUT2D eigenvalue weighted by Crippen LogP contribution is -2.52. The van der Waals surface area contributed by atoms with Crippen LogP contribution < -0.4 is 33.0 Å². The molecule has 0 aliphatic rings. The fourth-order valence-electron chi connectivity index (χ4n) is 4.54. The monoisotopic (exact) mass is 678 g/mol. The van der Waals surface area contributed by atoms with Crippen molar-refractivity contribution in [3.63, 3.8) is 0 Å². The van der Waals surface area contributed by atoms with E-state index in [0.717, 1.165) is 13.7 Å². The molecule has 0 radical (unpaired) electrons. The van der Waals surface area contributed by atoms with Gasteiger partial charge in [-0.15, -0.1) is 0 Å². The summed E-state index contributed by atoms with van der Waals surface area (Å²) >= 11 is 0. The number of carbonyl (C=O) groups is 3. The quantitative estimate of drug-likeness (QED) is 0.164. The van der Waals surface area contributed by atoms with Gasteiger partial charge in [-0.1, -0.05) is 18.2 Å². The highest BCUT2D eigenvalue weighted by Crippen LogP contribution is 2.22. The number of rotatable bonds is 10. The number of hydrogen-bond acceptors (Lipinski definition) is 11. The van der Waals surface area contributed by atoms with Crippen molar-refractivity contribution in [2.24, 2.45) is 0 Å². The molecule has 0 spiro atoms. The second kappa shape index (κ2) is 15.6. The molecule has 17 heteroatoms. The largest absolute Gasteiger partial charge is 0.453 e. The Bertz CT molecular complexity index is 1970. The van der Waals surface area contributed by atoms with Gasteiger partial charge in [0.05, 0.1) is 24.2 Å². The number of aryl methyl sites for hydroxylation is 3. The summed E-state index contributed by atoms with van der Waals surface area (Å²) in [6.45, 7) is 4.41. The van der Waals surface area contributed by atoms with Crippen LogP contribution in [-0.4, -0.2) is 66.9 Å². The van der Waals surface area contributed by atoms with Gasteiger partial charge >= 0.3 is 35.3 Å². The van der Waals surface area contributed by atoms with Gasteiger partial charge in [-0.05, 0) is 73.9 Å². The second-order valence-corrected chi connectivity index (χ2v) is 10.4. The molecule has 17 nitrogen and oxygen atoms in total. The van der Waals surface area contributed by atoms with Gasteiger partial charge in [0.25, 0.3) is 0 Å². The zero-order chi connectivity index (χ0) is 35.8. The van der Waals surface area contributed by atoms with E-state index in [1.54, 1.807) is 39.0 Å². The number of nitrogens with one attached hydrogen (secondary N) is 3. The highest BCUT2D eigenvalue weighted by Gasteiger charge is 2.22. The van der Waals surface area contributed by atoms with Crippen LogP contribution in [0, 0.1) is 20.8 Å². The summed E-state index contributed by atoms with van der Waals surface area (Å²) < 4.78 is 26.2. The highest BCUT2D eigenvalue weighted by atomic mass is 16.7. The van der Waals surface area contributed by atoms with Crippen molar-refractivity contribution in [1.29, 1.82) is 0 Å². The Hall–Kier alpha value is -6.20. The molecule has 0 aliphatic carbocycles. The van der Waals surface area contributed by atoms with Crippen LogP contribution in [0.5, 0.6) is 0 Å². The third-order valence-corrected chi connectivity index (χ3v) is 7.10. The Kier molecular flexibility index (Phi) is 11.3. The van der Waals surface area contributed by atoms with Gasteiger partial charge in [0, 0.05) is 31.3 Å². The van der Waals surface area contributed by atoms with Crippen molar-refractivity contribution >= 4 is 35.3 Å². The van der Waals surface area contributed by atoms with Crippen LogP contribution in [-0.2, 0) is 23.7 Å². The third kappa shape index (κ3) is 8.03. The van der Waals surface area contributed by atoms with E-state index in [9.17, 15) is 28.8 Å². The van der Waals surface area contributed by atoms with Gasteiger partial charge in [-0.2, -0.15) is 0 Å². The van der Waals surface area contributed by atoms with E-state index in [1.165, 1.54) is 57.7 Å². The summed E-state index contributed by atoms with van der Waals surface area (Å²) in [7, 11) is 3.86. The number of carbonyl (C=O) groups excluding carboxylic acids is 3. The predicted octanol–water partition coefficient (Wildman–Crippen LogP) is 3.55. The molecule has 0 bridgehead atoms. The summed E-state index contributed by atoms with van der Waals surface area (Å²) in [5.41, 5.74) is -0.898. The van der Waals surface area contributed by atoms with Crippen LogP contribution in [0.25, 0.3) is 17.1 Å². The van der Waals surface area contributed by atoms with Crippen LogP contribution in [0.15, 0.2) is 69.0 Å². The predicted molar refractivity (Wildman–Crippen MR) is 177 cm³/mol.